The van der Waals surface area contributed by atoms with Gasteiger partial charge >= 0.3 is 0 Å². The van der Waals surface area contributed by atoms with Crippen molar-refractivity contribution in [1.29, 1.82) is 0 Å². The second-order valence-corrected chi connectivity index (χ2v) is 5.64. The molecule has 0 aliphatic heterocycles. The predicted molar refractivity (Wildman–Crippen MR) is 80.5 cm³/mol. The Balaban J connectivity index is 2.14. The molecule has 0 radical (unpaired) electrons. The number of nitrogens with one attached hydrogen (secondary N) is 1. The van der Waals surface area contributed by atoms with Crippen molar-refractivity contribution in [2.75, 3.05) is 0 Å². The first-order chi connectivity index (χ1) is 9.50. The molecular formula is C16H16BrF2N. The minimum Gasteiger partial charge on any atom is -0.306 e. The van der Waals surface area contributed by atoms with Crippen molar-refractivity contribution in [3.8, 4) is 0 Å². The lowest BCUT2D eigenvalue weighted by molar-refractivity contribution is 0.506. The van der Waals surface area contributed by atoms with E-state index in [1.807, 2.05) is 38.1 Å². The van der Waals surface area contributed by atoms with Crippen molar-refractivity contribution >= 4 is 15.9 Å². The highest BCUT2D eigenvalue weighted by atomic mass is 79.9. The molecule has 2 aromatic carbocycles. The van der Waals surface area contributed by atoms with Crippen LogP contribution in [-0.2, 0) is 6.54 Å². The van der Waals surface area contributed by atoms with E-state index in [9.17, 15) is 8.78 Å². The summed E-state index contributed by atoms with van der Waals surface area (Å²) in [6, 6.07) is 10.6. The fraction of sp³-hybridized carbons (Fsp3) is 0.250. The smallest absolute Gasteiger partial charge is 0.144 e. The summed E-state index contributed by atoms with van der Waals surface area (Å²) in [5, 5.41) is 3.16. The second kappa shape index (κ2) is 6.46. The number of rotatable bonds is 4. The summed E-state index contributed by atoms with van der Waals surface area (Å²) in [6.45, 7) is 4.15. The van der Waals surface area contributed by atoms with Crippen LogP contribution in [0.15, 0.2) is 40.9 Å². The molecule has 4 heteroatoms. The van der Waals surface area contributed by atoms with E-state index in [1.54, 1.807) is 0 Å². The largest absolute Gasteiger partial charge is 0.306 e. The summed E-state index contributed by atoms with van der Waals surface area (Å²) >= 11 is 3.07. The molecule has 0 aliphatic carbocycles. The molecule has 0 bridgehead atoms. The van der Waals surface area contributed by atoms with E-state index < -0.39 is 11.6 Å². The Morgan fingerprint density at radius 3 is 2.55 bits per heavy atom. The Labute approximate surface area is 126 Å². The topological polar surface area (TPSA) is 12.0 Å². The molecule has 2 rings (SSSR count). The summed E-state index contributed by atoms with van der Waals surface area (Å²) in [6.07, 6.45) is 0. The Morgan fingerprint density at radius 1 is 1.15 bits per heavy atom. The van der Waals surface area contributed by atoms with Crippen LogP contribution in [0.4, 0.5) is 8.78 Å². The van der Waals surface area contributed by atoms with E-state index in [-0.39, 0.29) is 22.6 Å². The second-order valence-electron chi connectivity index (χ2n) is 4.78. The van der Waals surface area contributed by atoms with Gasteiger partial charge in [0.25, 0.3) is 0 Å². The molecule has 0 saturated heterocycles. The highest BCUT2D eigenvalue weighted by Crippen LogP contribution is 2.23. The first-order valence-electron chi connectivity index (χ1n) is 6.42. The number of hydrogen-bond donors (Lipinski definition) is 1. The summed E-state index contributed by atoms with van der Waals surface area (Å²) in [4.78, 5) is 0. The molecular weight excluding hydrogens is 324 g/mol. The maximum absolute atomic E-state index is 13.9. The summed E-state index contributed by atoms with van der Waals surface area (Å²) < 4.78 is 27.8. The van der Waals surface area contributed by atoms with Gasteiger partial charge in [-0.3, -0.25) is 0 Å². The molecule has 2 aromatic rings. The number of halogens is 3. The van der Waals surface area contributed by atoms with Crippen LogP contribution in [0, 0.1) is 18.6 Å². The number of hydrogen-bond acceptors (Lipinski definition) is 1. The van der Waals surface area contributed by atoms with E-state index in [0.29, 0.717) is 0 Å². The molecule has 0 aliphatic rings. The molecule has 0 spiro atoms. The van der Waals surface area contributed by atoms with Gasteiger partial charge in [-0.2, -0.15) is 0 Å². The van der Waals surface area contributed by atoms with Crippen LogP contribution in [0.5, 0.6) is 0 Å². The van der Waals surface area contributed by atoms with E-state index in [4.69, 9.17) is 0 Å². The van der Waals surface area contributed by atoms with Crippen molar-refractivity contribution in [1.82, 2.24) is 5.32 Å². The summed E-state index contributed by atoms with van der Waals surface area (Å²) in [7, 11) is 0. The lowest BCUT2D eigenvalue weighted by Gasteiger charge is -2.17. The Kier molecular flexibility index (Phi) is 4.89. The highest BCUT2D eigenvalue weighted by molar-refractivity contribution is 9.10. The third-order valence-electron chi connectivity index (χ3n) is 3.38. The van der Waals surface area contributed by atoms with Crippen LogP contribution in [-0.4, -0.2) is 0 Å². The maximum Gasteiger partial charge on any atom is 0.144 e. The monoisotopic (exact) mass is 339 g/mol. The molecule has 0 heterocycles. The zero-order valence-corrected chi connectivity index (χ0v) is 13.0. The van der Waals surface area contributed by atoms with Gasteiger partial charge in [0.05, 0.1) is 4.47 Å². The van der Waals surface area contributed by atoms with Crippen LogP contribution < -0.4 is 5.32 Å². The van der Waals surface area contributed by atoms with E-state index in [1.165, 1.54) is 12.1 Å². The van der Waals surface area contributed by atoms with E-state index in [0.717, 1.165) is 11.1 Å². The fourth-order valence-corrected chi connectivity index (χ4v) is 2.54. The van der Waals surface area contributed by atoms with Gasteiger partial charge in [-0.15, -0.1) is 0 Å². The van der Waals surface area contributed by atoms with Gasteiger partial charge in [-0.1, -0.05) is 24.3 Å². The van der Waals surface area contributed by atoms with Crippen molar-refractivity contribution in [3.63, 3.8) is 0 Å². The van der Waals surface area contributed by atoms with Crippen molar-refractivity contribution in [3.05, 3.63) is 69.2 Å². The Bertz CT molecular complexity index is 613. The van der Waals surface area contributed by atoms with Gasteiger partial charge in [0, 0.05) is 18.2 Å². The standard InChI is InChI=1S/C16H16BrF2N/c1-10-5-3-4-6-12(10)11(2)20-9-13-15(18)8-7-14(17)16(13)19/h3-8,11,20H,9H2,1-2H3/t11-/m1/s1. The van der Waals surface area contributed by atoms with Gasteiger partial charge in [-0.25, -0.2) is 8.78 Å². The van der Waals surface area contributed by atoms with Crippen LogP contribution in [0.3, 0.4) is 0 Å². The van der Waals surface area contributed by atoms with Crippen LogP contribution >= 0.6 is 15.9 Å². The van der Waals surface area contributed by atoms with Crippen molar-refractivity contribution < 1.29 is 8.78 Å². The predicted octanol–water partition coefficient (Wildman–Crippen LogP) is 4.89. The van der Waals surface area contributed by atoms with Gasteiger partial charge < -0.3 is 5.32 Å². The zero-order chi connectivity index (χ0) is 14.7. The first kappa shape index (κ1) is 15.1. The number of benzene rings is 2. The zero-order valence-electron chi connectivity index (χ0n) is 11.4. The highest BCUT2D eigenvalue weighted by Gasteiger charge is 2.14. The fourth-order valence-electron chi connectivity index (χ4n) is 2.17. The van der Waals surface area contributed by atoms with Gasteiger partial charge in [0.15, 0.2) is 0 Å². The van der Waals surface area contributed by atoms with Crippen LogP contribution in [0.2, 0.25) is 0 Å². The molecule has 1 atom stereocenters. The average molecular weight is 340 g/mol. The molecule has 1 nitrogen and oxygen atoms in total. The molecule has 0 unspecified atom stereocenters. The van der Waals surface area contributed by atoms with Gasteiger partial charge in [0.1, 0.15) is 11.6 Å². The Morgan fingerprint density at radius 2 is 1.85 bits per heavy atom. The lowest BCUT2D eigenvalue weighted by atomic mass is 10.0. The van der Waals surface area contributed by atoms with Crippen LogP contribution in [0.25, 0.3) is 0 Å². The van der Waals surface area contributed by atoms with Crippen molar-refractivity contribution in [2.24, 2.45) is 0 Å². The average Bonchev–Trinajstić information content (AvgIpc) is 2.43. The minimum absolute atomic E-state index is 0.0222. The van der Waals surface area contributed by atoms with Crippen LogP contribution in [0.1, 0.15) is 29.7 Å². The summed E-state index contributed by atoms with van der Waals surface area (Å²) in [5.41, 5.74) is 2.34. The normalized spacial score (nSPS) is 12.4. The quantitative estimate of drug-likeness (QED) is 0.782. The first-order valence-corrected chi connectivity index (χ1v) is 7.21. The third kappa shape index (κ3) is 3.25. The molecule has 106 valence electrons. The molecule has 0 amide bonds. The lowest BCUT2D eigenvalue weighted by Crippen LogP contribution is -2.20. The maximum atomic E-state index is 13.9. The molecule has 0 fully saturated rings. The van der Waals surface area contributed by atoms with E-state index >= 15 is 0 Å². The Hall–Kier alpha value is -1.26. The number of aryl methyl sites for hydroxylation is 1. The molecule has 1 N–H and O–H groups in total. The molecule has 0 aromatic heterocycles. The van der Waals surface area contributed by atoms with E-state index in [2.05, 4.69) is 21.2 Å². The van der Waals surface area contributed by atoms with Gasteiger partial charge in [-0.05, 0) is 53.0 Å². The SMILES string of the molecule is Cc1ccccc1[C@@H](C)NCc1c(F)ccc(Br)c1F. The third-order valence-corrected chi connectivity index (χ3v) is 3.99. The molecule has 20 heavy (non-hydrogen) atoms. The minimum atomic E-state index is -0.547. The molecule has 0 saturated carbocycles. The van der Waals surface area contributed by atoms with Crippen molar-refractivity contribution in [2.45, 2.75) is 26.4 Å². The summed E-state index contributed by atoms with van der Waals surface area (Å²) in [5.74, 6) is -1.08. The van der Waals surface area contributed by atoms with Gasteiger partial charge in [0.2, 0.25) is 0 Å².